The van der Waals surface area contributed by atoms with Crippen molar-refractivity contribution in [3.05, 3.63) is 29.8 Å². The molecule has 0 radical (unpaired) electrons. The number of carboxylic acid groups (broad SMARTS) is 1. The SMILES string of the molecule is COc1ccc(/C=C/C(=O)O)c(OCCOC(C)(C)C)c1. The Labute approximate surface area is 125 Å². The molecular formula is C16H22O5. The summed E-state index contributed by atoms with van der Waals surface area (Å²) in [6, 6.07) is 5.22. The second-order valence-electron chi connectivity index (χ2n) is 5.38. The van der Waals surface area contributed by atoms with Crippen molar-refractivity contribution in [1.29, 1.82) is 0 Å². The number of hydrogen-bond acceptors (Lipinski definition) is 4. The maximum absolute atomic E-state index is 10.6. The zero-order valence-electron chi connectivity index (χ0n) is 12.9. The molecule has 0 aromatic heterocycles. The van der Waals surface area contributed by atoms with Gasteiger partial charge in [0.05, 0.1) is 19.3 Å². The van der Waals surface area contributed by atoms with Gasteiger partial charge in [0.25, 0.3) is 0 Å². The molecule has 1 N–H and O–H groups in total. The van der Waals surface area contributed by atoms with E-state index in [-0.39, 0.29) is 5.60 Å². The summed E-state index contributed by atoms with van der Waals surface area (Å²) in [5, 5.41) is 8.70. The molecule has 5 heteroatoms. The number of hydrogen-bond donors (Lipinski definition) is 1. The lowest BCUT2D eigenvalue weighted by molar-refractivity contribution is -0.131. The summed E-state index contributed by atoms with van der Waals surface area (Å²) in [7, 11) is 1.56. The normalized spacial score (nSPS) is 11.6. The van der Waals surface area contributed by atoms with Crippen LogP contribution in [0.5, 0.6) is 11.5 Å². The van der Waals surface area contributed by atoms with Gasteiger partial charge in [0.2, 0.25) is 0 Å². The van der Waals surface area contributed by atoms with Crippen molar-refractivity contribution in [2.75, 3.05) is 20.3 Å². The van der Waals surface area contributed by atoms with Crippen LogP contribution < -0.4 is 9.47 Å². The van der Waals surface area contributed by atoms with Crippen molar-refractivity contribution in [2.24, 2.45) is 0 Å². The van der Waals surface area contributed by atoms with E-state index in [1.54, 1.807) is 25.3 Å². The maximum atomic E-state index is 10.6. The number of ether oxygens (including phenoxy) is 3. The van der Waals surface area contributed by atoms with Gasteiger partial charge in [0.15, 0.2) is 0 Å². The highest BCUT2D eigenvalue weighted by Gasteiger charge is 2.10. The zero-order chi connectivity index (χ0) is 15.9. The van der Waals surface area contributed by atoms with Crippen molar-refractivity contribution >= 4 is 12.0 Å². The molecule has 0 atom stereocenters. The van der Waals surface area contributed by atoms with Gasteiger partial charge in [-0.3, -0.25) is 0 Å². The second-order valence-corrected chi connectivity index (χ2v) is 5.38. The molecule has 0 saturated carbocycles. The second kappa shape index (κ2) is 7.69. The standard InChI is InChI=1S/C16H22O5/c1-16(2,3)21-10-9-20-14-11-13(19-4)7-5-12(14)6-8-15(17)18/h5-8,11H,9-10H2,1-4H3,(H,17,18)/b8-6+. The van der Waals surface area contributed by atoms with Gasteiger partial charge in [0.1, 0.15) is 18.1 Å². The van der Waals surface area contributed by atoms with Crippen molar-refractivity contribution in [1.82, 2.24) is 0 Å². The zero-order valence-corrected chi connectivity index (χ0v) is 12.9. The van der Waals surface area contributed by atoms with Crippen LogP contribution in [0.1, 0.15) is 26.3 Å². The number of carbonyl (C=O) groups is 1. The van der Waals surface area contributed by atoms with Gasteiger partial charge in [0, 0.05) is 17.7 Å². The predicted octanol–water partition coefficient (Wildman–Crippen LogP) is 2.99. The summed E-state index contributed by atoms with van der Waals surface area (Å²) in [6.45, 7) is 6.74. The molecule has 0 heterocycles. The monoisotopic (exact) mass is 294 g/mol. The van der Waals surface area contributed by atoms with E-state index < -0.39 is 5.97 Å². The number of rotatable bonds is 7. The first-order chi connectivity index (χ1) is 9.81. The van der Waals surface area contributed by atoms with E-state index in [0.717, 1.165) is 6.08 Å². The number of aliphatic carboxylic acids is 1. The van der Waals surface area contributed by atoms with E-state index in [1.807, 2.05) is 20.8 Å². The molecule has 0 spiro atoms. The van der Waals surface area contributed by atoms with Crippen LogP contribution in [-0.4, -0.2) is 37.0 Å². The summed E-state index contributed by atoms with van der Waals surface area (Å²) < 4.78 is 16.4. The van der Waals surface area contributed by atoms with Crippen LogP contribution >= 0.6 is 0 Å². The molecule has 0 aliphatic rings. The van der Waals surface area contributed by atoms with Crippen LogP contribution in [0.4, 0.5) is 0 Å². The Morgan fingerprint density at radius 3 is 2.57 bits per heavy atom. The van der Waals surface area contributed by atoms with E-state index in [9.17, 15) is 4.79 Å². The van der Waals surface area contributed by atoms with E-state index in [2.05, 4.69) is 0 Å². The van der Waals surface area contributed by atoms with E-state index >= 15 is 0 Å². The number of benzene rings is 1. The third-order valence-corrected chi connectivity index (χ3v) is 2.50. The third-order valence-electron chi connectivity index (χ3n) is 2.50. The average Bonchev–Trinajstić information content (AvgIpc) is 2.40. The van der Waals surface area contributed by atoms with Gasteiger partial charge in [-0.1, -0.05) is 0 Å². The van der Waals surface area contributed by atoms with Crippen LogP contribution in [0.3, 0.4) is 0 Å². The number of methoxy groups -OCH3 is 1. The fraction of sp³-hybridized carbons (Fsp3) is 0.438. The van der Waals surface area contributed by atoms with E-state index in [1.165, 1.54) is 6.08 Å². The highest BCUT2D eigenvalue weighted by molar-refractivity contribution is 5.86. The highest BCUT2D eigenvalue weighted by atomic mass is 16.5. The maximum Gasteiger partial charge on any atom is 0.328 e. The summed E-state index contributed by atoms with van der Waals surface area (Å²) in [6.07, 6.45) is 2.56. The molecule has 0 amide bonds. The van der Waals surface area contributed by atoms with Gasteiger partial charge in [-0.2, -0.15) is 0 Å². The Kier molecular flexibility index (Phi) is 6.24. The van der Waals surface area contributed by atoms with Crippen molar-refractivity contribution in [3.8, 4) is 11.5 Å². The summed E-state index contributed by atoms with van der Waals surface area (Å²) >= 11 is 0. The minimum absolute atomic E-state index is 0.218. The average molecular weight is 294 g/mol. The lowest BCUT2D eigenvalue weighted by atomic mass is 10.1. The smallest absolute Gasteiger partial charge is 0.328 e. The van der Waals surface area contributed by atoms with Gasteiger partial charge in [-0.05, 0) is 39.0 Å². The van der Waals surface area contributed by atoms with Crippen LogP contribution in [0.2, 0.25) is 0 Å². The van der Waals surface area contributed by atoms with Crippen LogP contribution in [-0.2, 0) is 9.53 Å². The van der Waals surface area contributed by atoms with Crippen molar-refractivity contribution in [2.45, 2.75) is 26.4 Å². The molecule has 0 saturated heterocycles. The summed E-state index contributed by atoms with van der Waals surface area (Å²) in [4.78, 5) is 10.6. The molecule has 0 unspecified atom stereocenters. The molecule has 0 aliphatic heterocycles. The molecule has 5 nitrogen and oxygen atoms in total. The topological polar surface area (TPSA) is 65.0 Å². The first kappa shape index (κ1) is 17.0. The van der Waals surface area contributed by atoms with Gasteiger partial charge in [-0.15, -0.1) is 0 Å². The van der Waals surface area contributed by atoms with E-state index in [4.69, 9.17) is 19.3 Å². The quantitative estimate of drug-likeness (QED) is 0.618. The fourth-order valence-electron chi connectivity index (χ4n) is 1.56. The molecule has 1 aromatic rings. The van der Waals surface area contributed by atoms with E-state index in [0.29, 0.717) is 30.3 Å². The Bertz CT molecular complexity index is 500. The molecule has 0 bridgehead atoms. The van der Waals surface area contributed by atoms with Gasteiger partial charge < -0.3 is 19.3 Å². The Morgan fingerprint density at radius 1 is 1.29 bits per heavy atom. The Balaban J connectivity index is 2.74. The van der Waals surface area contributed by atoms with Crippen molar-refractivity contribution in [3.63, 3.8) is 0 Å². The van der Waals surface area contributed by atoms with Gasteiger partial charge in [-0.25, -0.2) is 4.79 Å². The fourth-order valence-corrected chi connectivity index (χ4v) is 1.56. The van der Waals surface area contributed by atoms with Crippen LogP contribution in [0.25, 0.3) is 6.08 Å². The van der Waals surface area contributed by atoms with Crippen molar-refractivity contribution < 1.29 is 24.1 Å². The molecule has 0 aliphatic carbocycles. The highest BCUT2D eigenvalue weighted by Crippen LogP contribution is 2.26. The molecule has 21 heavy (non-hydrogen) atoms. The molecule has 1 rings (SSSR count). The molecule has 0 fully saturated rings. The first-order valence-electron chi connectivity index (χ1n) is 6.67. The lowest BCUT2D eigenvalue weighted by Gasteiger charge is -2.20. The lowest BCUT2D eigenvalue weighted by Crippen LogP contribution is -2.22. The summed E-state index contributed by atoms with van der Waals surface area (Å²) in [5.41, 5.74) is 0.456. The largest absolute Gasteiger partial charge is 0.497 e. The van der Waals surface area contributed by atoms with Crippen LogP contribution in [0, 0.1) is 0 Å². The molecule has 116 valence electrons. The van der Waals surface area contributed by atoms with Crippen LogP contribution in [0.15, 0.2) is 24.3 Å². The third kappa shape index (κ3) is 6.81. The minimum Gasteiger partial charge on any atom is -0.497 e. The Hall–Kier alpha value is -2.01. The first-order valence-corrected chi connectivity index (χ1v) is 6.67. The molecular weight excluding hydrogens is 272 g/mol. The number of carboxylic acids is 1. The molecule has 1 aromatic carbocycles. The summed E-state index contributed by atoms with van der Waals surface area (Å²) in [5.74, 6) is 0.200. The Morgan fingerprint density at radius 2 is 2.00 bits per heavy atom. The van der Waals surface area contributed by atoms with Gasteiger partial charge >= 0.3 is 5.97 Å². The predicted molar refractivity (Wildman–Crippen MR) is 80.9 cm³/mol. The minimum atomic E-state index is -1.01.